The van der Waals surface area contributed by atoms with E-state index in [1.165, 1.54) is 38.5 Å². The number of anilines is 1. The van der Waals surface area contributed by atoms with Crippen LogP contribution >= 0.6 is 24.8 Å². The summed E-state index contributed by atoms with van der Waals surface area (Å²) in [5.74, 6) is 0.782. The molecule has 1 aliphatic rings. The molecule has 192 valence electrons. The molecule has 1 atom stereocenters. The van der Waals surface area contributed by atoms with Crippen molar-refractivity contribution in [1.29, 1.82) is 0 Å². The lowest BCUT2D eigenvalue weighted by atomic mass is 10.2. The second-order valence-electron chi connectivity index (χ2n) is 8.44. The Kier molecular flexibility index (Phi) is 18.4. The summed E-state index contributed by atoms with van der Waals surface area (Å²) in [6, 6.07) is 7.57. The van der Waals surface area contributed by atoms with Crippen molar-refractivity contribution in [2.75, 3.05) is 51.2 Å². The molecule has 0 bridgehead atoms. The number of hydrogen-bond donors (Lipinski definition) is 1. The highest BCUT2D eigenvalue weighted by atomic mass is 35.5. The van der Waals surface area contributed by atoms with Gasteiger partial charge in [0.1, 0.15) is 11.9 Å². The molecule has 1 aromatic carbocycles. The van der Waals surface area contributed by atoms with Crippen molar-refractivity contribution in [3.63, 3.8) is 0 Å². The predicted octanol–water partition coefficient (Wildman–Crippen LogP) is 6.23. The molecule has 1 unspecified atom stereocenters. The molecule has 6 nitrogen and oxygen atoms in total. The summed E-state index contributed by atoms with van der Waals surface area (Å²) in [5.41, 5.74) is 0.705. The van der Waals surface area contributed by atoms with Crippen molar-refractivity contribution in [2.24, 2.45) is 0 Å². The quantitative estimate of drug-likeness (QED) is 0.286. The monoisotopic (exact) mass is 505 g/mol. The van der Waals surface area contributed by atoms with Gasteiger partial charge in [-0.3, -0.25) is 10.2 Å². The molecule has 8 heteroatoms. The third kappa shape index (κ3) is 13.3. The molecule has 1 N–H and O–H groups in total. The van der Waals surface area contributed by atoms with Gasteiger partial charge in [0.2, 0.25) is 0 Å². The van der Waals surface area contributed by atoms with Crippen LogP contribution in [0.25, 0.3) is 0 Å². The summed E-state index contributed by atoms with van der Waals surface area (Å²) in [5, 5.41) is 2.89. The van der Waals surface area contributed by atoms with Gasteiger partial charge in [0.05, 0.1) is 6.61 Å². The van der Waals surface area contributed by atoms with E-state index in [0.717, 1.165) is 51.4 Å². The fraction of sp³-hybridized carbons (Fsp3) is 0.720. The Morgan fingerprint density at radius 2 is 1.76 bits per heavy atom. The van der Waals surface area contributed by atoms with Gasteiger partial charge in [-0.05, 0) is 57.6 Å². The molecule has 1 aliphatic heterocycles. The van der Waals surface area contributed by atoms with E-state index in [9.17, 15) is 4.79 Å². The molecule has 33 heavy (non-hydrogen) atoms. The molecule has 0 radical (unpaired) electrons. The van der Waals surface area contributed by atoms with Gasteiger partial charge < -0.3 is 14.4 Å². The number of halogens is 2. The first kappa shape index (κ1) is 31.8. The summed E-state index contributed by atoms with van der Waals surface area (Å²) in [6.07, 6.45) is 7.98. The van der Waals surface area contributed by atoms with Crippen LogP contribution in [0.5, 0.6) is 5.75 Å². The number of rotatable bonds is 15. The molecule has 1 saturated heterocycles. The first-order valence-corrected chi connectivity index (χ1v) is 12.3. The van der Waals surface area contributed by atoms with Crippen LogP contribution in [0, 0.1) is 0 Å². The molecule has 2 rings (SSSR count). The zero-order chi connectivity index (χ0) is 22.3. The lowest BCUT2D eigenvalue weighted by Crippen LogP contribution is -2.42. The van der Waals surface area contributed by atoms with Crippen molar-refractivity contribution >= 4 is 36.6 Å². The van der Waals surface area contributed by atoms with Gasteiger partial charge in [-0.1, -0.05) is 52.5 Å². The number of unbranched alkanes of at least 4 members (excludes halogenated alkanes) is 4. The van der Waals surface area contributed by atoms with Crippen molar-refractivity contribution < 1.29 is 14.3 Å². The summed E-state index contributed by atoms with van der Waals surface area (Å²) < 4.78 is 11.7. The number of likely N-dealkylation sites (tertiary alicyclic amines) is 1. The maximum absolute atomic E-state index is 12.6. The standard InChI is InChI=1S/C25H43N3O3.2ClH/c1-4-7-8-9-12-18-30-23-15-13-14-22(19-23)26-25(29)31-24(20-27(5-2)6-3)21-28-16-10-11-17-28;;/h13-15,19,24H,4-12,16-18,20-21H2,1-3H3,(H,26,29);2*1H. The molecule has 1 aromatic rings. The SMILES string of the molecule is CCCCCCCOc1cccc(NC(=O)OC(CN(CC)CC)CN2CCCC2)c1.Cl.Cl. The van der Waals surface area contributed by atoms with Crippen molar-refractivity contribution in [2.45, 2.75) is 71.8 Å². The Labute approximate surface area is 213 Å². The highest BCUT2D eigenvalue weighted by Crippen LogP contribution is 2.19. The summed E-state index contributed by atoms with van der Waals surface area (Å²) in [6.45, 7) is 12.9. The Balaban J connectivity index is 0.00000512. The highest BCUT2D eigenvalue weighted by molar-refractivity contribution is 5.86. The molecular weight excluding hydrogens is 461 g/mol. The Hall–Kier alpha value is -1.21. The van der Waals surface area contributed by atoms with Crippen LogP contribution in [-0.4, -0.2) is 67.9 Å². The van der Waals surface area contributed by atoms with Gasteiger partial charge in [-0.15, -0.1) is 24.8 Å². The van der Waals surface area contributed by atoms with E-state index < -0.39 is 6.09 Å². The van der Waals surface area contributed by atoms with E-state index >= 15 is 0 Å². The molecule has 0 spiro atoms. The number of amides is 1. The van der Waals surface area contributed by atoms with E-state index in [4.69, 9.17) is 9.47 Å². The number of hydrogen-bond acceptors (Lipinski definition) is 5. The zero-order valence-electron chi connectivity index (χ0n) is 20.7. The van der Waals surface area contributed by atoms with Gasteiger partial charge >= 0.3 is 6.09 Å². The Morgan fingerprint density at radius 3 is 2.42 bits per heavy atom. The van der Waals surface area contributed by atoms with Crippen molar-refractivity contribution in [1.82, 2.24) is 9.80 Å². The van der Waals surface area contributed by atoms with Crippen LogP contribution in [0.1, 0.15) is 65.7 Å². The van der Waals surface area contributed by atoms with Crippen molar-refractivity contribution in [3.05, 3.63) is 24.3 Å². The molecule has 0 aliphatic carbocycles. The molecule has 0 aromatic heterocycles. The minimum atomic E-state index is -0.395. The van der Waals surface area contributed by atoms with Crippen LogP contribution in [0.3, 0.4) is 0 Å². The predicted molar refractivity (Wildman–Crippen MR) is 143 cm³/mol. The van der Waals surface area contributed by atoms with E-state index in [1.807, 2.05) is 24.3 Å². The molecule has 0 saturated carbocycles. The lowest BCUT2D eigenvalue weighted by molar-refractivity contribution is 0.0605. The topological polar surface area (TPSA) is 54.0 Å². The molecule has 1 fully saturated rings. The number of nitrogens with one attached hydrogen (secondary N) is 1. The third-order valence-corrected chi connectivity index (χ3v) is 5.89. The molecule has 1 heterocycles. The first-order valence-electron chi connectivity index (χ1n) is 12.3. The number of likely N-dealkylation sites (N-methyl/N-ethyl adjacent to an activating group) is 1. The summed E-state index contributed by atoms with van der Waals surface area (Å²) in [7, 11) is 0. The summed E-state index contributed by atoms with van der Waals surface area (Å²) >= 11 is 0. The zero-order valence-corrected chi connectivity index (χ0v) is 22.4. The second-order valence-corrected chi connectivity index (χ2v) is 8.44. The average molecular weight is 507 g/mol. The fourth-order valence-electron chi connectivity index (χ4n) is 4.01. The molecule has 1 amide bonds. The largest absolute Gasteiger partial charge is 0.494 e. The van der Waals surface area contributed by atoms with Crippen LogP contribution < -0.4 is 10.1 Å². The average Bonchev–Trinajstić information content (AvgIpc) is 3.27. The Bertz CT molecular complexity index is 623. The van der Waals surface area contributed by atoms with Gasteiger partial charge in [-0.25, -0.2) is 4.79 Å². The van der Waals surface area contributed by atoms with E-state index in [-0.39, 0.29) is 30.9 Å². The minimum Gasteiger partial charge on any atom is -0.494 e. The number of benzene rings is 1. The van der Waals surface area contributed by atoms with Gasteiger partial charge in [0.15, 0.2) is 0 Å². The van der Waals surface area contributed by atoms with Gasteiger partial charge in [0.25, 0.3) is 0 Å². The first-order chi connectivity index (χ1) is 15.1. The number of nitrogens with zero attached hydrogens (tertiary/aromatic N) is 2. The minimum absolute atomic E-state index is 0. The highest BCUT2D eigenvalue weighted by Gasteiger charge is 2.22. The van der Waals surface area contributed by atoms with Gasteiger partial charge in [-0.2, -0.15) is 0 Å². The lowest BCUT2D eigenvalue weighted by Gasteiger charge is -2.28. The smallest absolute Gasteiger partial charge is 0.411 e. The number of carbonyl (C=O) groups excluding carboxylic acids is 1. The maximum atomic E-state index is 12.6. The maximum Gasteiger partial charge on any atom is 0.411 e. The van der Waals surface area contributed by atoms with Crippen LogP contribution in [-0.2, 0) is 4.74 Å². The number of carbonyl (C=O) groups is 1. The van der Waals surface area contributed by atoms with E-state index in [0.29, 0.717) is 12.3 Å². The van der Waals surface area contributed by atoms with Crippen LogP contribution in [0.2, 0.25) is 0 Å². The summed E-state index contributed by atoms with van der Waals surface area (Å²) in [4.78, 5) is 17.3. The van der Waals surface area contributed by atoms with Crippen LogP contribution in [0.15, 0.2) is 24.3 Å². The molecular formula is C25H45Cl2N3O3. The number of ether oxygens (including phenoxy) is 2. The van der Waals surface area contributed by atoms with E-state index in [1.54, 1.807) is 0 Å². The second kappa shape index (κ2) is 19.1. The third-order valence-electron chi connectivity index (χ3n) is 5.89. The Morgan fingerprint density at radius 1 is 1.06 bits per heavy atom. The van der Waals surface area contributed by atoms with Crippen LogP contribution in [0.4, 0.5) is 10.5 Å². The normalized spacial score (nSPS) is 14.3. The van der Waals surface area contributed by atoms with Gasteiger partial charge in [0, 0.05) is 24.8 Å². The van der Waals surface area contributed by atoms with Crippen molar-refractivity contribution in [3.8, 4) is 5.75 Å². The van der Waals surface area contributed by atoms with E-state index in [2.05, 4.69) is 35.9 Å². The fourth-order valence-corrected chi connectivity index (χ4v) is 4.01.